The second-order valence-corrected chi connectivity index (χ2v) is 8.26. The Balaban J connectivity index is 1.49. The predicted molar refractivity (Wildman–Crippen MR) is 100 cm³/mol. The van der Waals surface area contributed by atoms with E-state index >= 15 is 0 Å². The molecule has 24 heavy (non-hydrogen) atoms. The van der Waals surface area contributed by atoms with Crippen LogP contribution in [-0.2, 0) is 11.2 Å². The van der Waals surface area contributed by atoms with Gasteiger partial charge in [0.2, 0.25) is 5.91 Å². The number of thiophene rings is 1. The minimum Gasteiger partial charge on any atom is -0.322 e. The fraction of sp³-hybridized carbons (Fsp3) is 0.389. The van der Waals surface area contributed by atoms with Crippen LogP contribution in [0, 0.1) is 5.92 Å². The highest BCUT2D eigenvalue weighted by molar-refractivity contribution is 7.10. The van der Waals surface area contributed by atoms with Gasteiger partial charge in [-0.15, -0.1) is 11.3 Å². The van der Waals surface area contributed by atoms with Gasteiger partial charge in [0.25, 0.3) is 0 Å². The Morgan fingerprint density at radius 2 is 2.00 bits per heavy atom. The molecular formula is C18H18Cl2N2OS. The third-order valence-electron chi connectivity index (χ3n) is 4.76. The number of fused-ring (bicyclic) bond motifs is 1. The van der Waals surface area contributed by atoms with Crippen LogP contribution in [0.15, 0.2) is 29.6 Å². The molecule has 126 valence electrons. The second kappa shape index (κ2) is 6.68. The molecule has 2 aliphatic rings. The van der Waals surface area contributed by atoms with Crippen molar-refractivity contribution < 1.29 is 4.79 Å². The van der Waals surface area contributed by atoms with E-state index in [1.165, 1.54) is 23.3 Å². The summed E-state index contributed by atoms with van der Waals surface area (Å²) in [5.41, 5.74) is 1.93. The maximum atomic E-state index is 12.6. The molecular weight excluding hydrogens is 363 g/mol. The summed E-state index contributed by atoms with van der Waals surface area (Å²) in [4.78, 5) is 16.4. The monoisotopic (exact) mass is 380 g/mol. The molecule has 1 atom stereocenters. The van der Waals surface area contributed by atoms with E-state index in [2.05, 4.69) is 21.7 Å². The highest BCUT2D eigenvalue weighted by Gasteiger charge is 2.40. The number of hydrogen-bond acceptors (Lipinski definition) is 3. The van der Waals surface area contributed by atoms with Crippen LogP contribution in [0.4, 0.5) is 5.69 Å². The number of nitrogens with zero attached hydrogens (tertiary/aromatic N) is 1. The van der Waals surface area contributed by atoms with Crippen molar-refractivity contribution in [2.75, 3.05) is 18.4 Å². The normalized spacial score (nSPS) is 20.7. The van der Waals surface area contributed by atoms with Gasteiger partial charge in [-0.3, -0.25) is 9.69 Å². The van der Waals surface area contributed by atoms with Gasteiger partial charge in [-0.1, -0.05) is 29.3 Å². The molecule has 0 unspecified atom stereocenters. The van der Waals surface area contributed by atoms with E-state index in [0.29, 0.717) is 34.2 Å². The van der Waals surface area contributed by atoms with Gasteiger partial charge in [0.05, 0.1) is 22.3 Å². The Bertz CT molecular complexity index is 752. The molecule has 1 aromatic heterocycles. The number of para-hydroxylation sites is 1. The summed E-state index contributed by atoms with van der Waals surface area (Å²) in [6.07, 6.45) is 3.54. The molecule has 1 aliphatic heterocycles. The Kier molecular flexibility index (Phi) is 4.56. The quantitative estimate of drug-likeness (QED) is 0.808. The standard InChI is InChI=1S/C18H18Cl2N2OS/c19-13-2-1-3-14(20)17(13)21-16(23)10-22-8-6-15-12(7-9-24-15)18(22)11-4-5-11/h1-3,7,9,11,18H,4-6,8,10H2,(H,21,23)/t18-/m0/s1. The summed E-state index contributed by atoms with van der Waals surface area (Å²) in [5, 5.41) is 5.99. The molecule has 0 saturated heterocycles. The van der Waals surface area contributed by atoms with Crippen LogP contribution in [0.25, 0.3) is 0 Å². The summed E-state index contributed by atoms with van der Waals surface area (Å²) < 4.78 is 0. The van der Waals surface area contributed by atoms with Gasteiger partial charge in [0, 0.05) is 17.5 Å². The van der Waals surface area contributed by atoms with Crippen LogP contribution in [0.5, 0.6) is 0 Å². The molecule has 6 heteroatoms. The van der Waals surface area contributed by atoms with Crippen LogP contribution in [0.2, 0.25) is 10.0 Å². The number of halogens is 2. The number of carbonyl (C=O) groups excluding carboxylic acids is 1. The fourth-order valence-electron chi connectivity index (χ4n) is 3.52. The van der Waals surface area contributed by atoms with E-state index < -0.39 is 0 Å². The SMILES string of the molecule is O=C(CN1CCc2sccc2[C@@H]1C1CC1)Nc1c(Cl)cccc1Cl. The molecule has 3 nitrogen and oxygen atoms in total. The summed E-state index contributed by atoms with van der Waals surface area (Å²) in [6, 6.07) is 7.85. The molecule has 1 amide bonds. The Hall–Kier alpha value is -1.07. The van der Waals surface area contributed by atoms with Gasteiger partial charge in [0.15, 0.2) is 0 Å². The minimum atomic E-state index is -0.0608. The van der Waals surface area contributed by atoms with Crippen LogP contribution < -0.4 is 5.32 Å². The van der Waals surface area contributed by atoms with Crippen LogP contribution >= 0.6 is 34.5 Å². The third-order valence-corrected chi connectivity index (χ3v) is 6.39. The van der Waals surface area contributed by atoms with E-state index in [1.807, 2.05) is 11.3 Å². The highest BCUT2D eigenvalue weighted by atomic mass is 35.5. The van der Waals surface area contributed by atoms with E-state index in [-0.39, 0.29) is 5.91 Å². The first-order valence-electron chi connectivity index (χ1n) is 8.17. The lowest BCUT2D eigenvalue weighted by Gasteiger charge is -2.35. The van der Waals surface area contributed by atoms with Crippen molar-refractivity contribution in [3.63, 3.8) is 0 Å². The topological polar surface area (TPSA) is 32.3 Å². The van der Waals surface area contributed by atoms with E-state index in [4.69, 9.17) is 23.2 Å². The first-order chi connectivity index (χ1) is 11.6. The number of hydrogen-bond donors (Lipinski definition) is 1. The second-order valence-electron chi connectivity index (χ2n) is 6.45. The molecule has 4 rings (SSSR count). The smallest absolute Gasteiger partial charge is 0.238 e. The van der Waals surface area contributed by atoms with Crippen molar-refractivity contribution in [3.8, 4) is 0 Å². The average Bonchev–Trinajstić information content (AvgIpc) is 3.27. The van der Waals surface area contributed by atoms with Gasteiger partial charge in [-0.25, -0.2) is 0 Å². The van der Waals surface area contributed by atoms with Crippen molar-refractivity contribution in [2.45, 2.75) is 25.3 Å². The van der Waals surface area contributed by atoms with E-state index in [1.54, 1.807) is 18.2 Å². The van der Waals surface area contributed by atoms with Crippen molar-refractivity contribution in [2.24, 2.45) is 5.92 Å². The summed E-state index contributed by atoms with van der Waals surface area (Å²) in [6.45, 7) is 1.30. The zero-order valence-electron chi connectivity index (χ0n) is 13.1. The van der Waals surface area contributed by atoms with Gasteiger partial charge < -0.3 is 5.32 Å². The molecule has 1 aliphatic carbocycles. The van der Waals surface area contributed by atoms with E-state index in [9.17, 15) is 4.79 Å². The van der Waals surface area contributed by atoms with Crippen molar-refractivity contribution in [1.29, 1.82) is 0 Å². The lowest BCUT2D eigenvalue weighted by atomic mass is 9.96. The molecule has 2 heterocycles. The largest absolute Gasteiger partial charge is 0.322 e. The molecule has 1 saturated carbocycles. The zero-order chi connectivity index (χ0) is 16.7. The van der Waals surface area contributed by atoms with Gasteiger partial charge in [-0.2, -0.15) is 0 Å². The minimum absolute atomic E-state index is 0.0608. The highest BCUT2D eigenvalue weighted by Crippen LogP contribution is 2.48. The fourth-order valence-corrected chi connectivity index (χ4v) is 4.93. The molecule has 0 bridgehead atoms. The predicted octanol–water partition coefficient (Wildman–Crippen LogP) is 5.00. The number of carbonyl (C=O) groups is 1. The molecule has 0 spiro atoms. The Morgan fingerprint density at radius 3 is 2.71 bits per heavy atom. The van der Waals surface area contributed by atoms with Gasteiger partial charge in [-0.05, 0) is 54.3 Å². The van der Waals surface area contributed by atoms with Crippen LogP contribution in [-0.4, -0.2) is 23.9 Å². The third kappa shape index (κ3) is 3.21. The number of benzene rings is 1. The molecule has 1 fully saturated rings. The Morgan fingerprint density at radius 1 is 1.25 bits per heavy atom. The number of nitrogens with one attached hydrogen (secondary N) is 1. The molecule has 2 aromatic rings. The van der Waals surface area contributed by atoms with Crippen LogP contribution in [0.3, 0.4) is 0 Å². The van der Waals surface area contributed by atoms with Crippen molar-refractivity contribution >= 4 is 46.1 Å². The summed E-state index contributed by atoms with van der Waals surface area (Å²) in [5.74, 6) is 0.629. The average molecular weight is 381 g/mol. The lowest BCUT2D eigenvalue weighted by Crippen LogP contribution is -2.41. The van der Waals surface area contributed by atoms with Crippen molar-refractivity contribution in [3.05, 3.63) is 50.1 Å². The Labute approximate surface area is 155 Å². The number of anilines is 1. The first-order valence-corrected chi connectivity index (χ1v) is 9.81. The zero-order valence-corrected chi connectivity index (χ0v) is 15.4. The maximum Gasteiger partial charge on any atom is 0.238 e. The van der Waals surface area contributed by atoms with E-state index in [0.717, 1.165) is 13.0 Å². The maximum absolute atomic E-state index is 12.6. The van der Waals surface area contributed by atoms with Gasteiger partial charge in [0.1, 0.15) is 0 Å². The molecule has 1 N–H and O–H groups in total. The number of rotatable bonds is 4. The summed E-state index contributed by atoms with van der Waals surface area (Å²) >= 11 is 14.1. The van der Waals surface area contributed by atoms with Gasteiger partial charge >= 0.3 is 0 Å². The molecule has 1 aromatic carbocycles. The molecule has 0 radical (unpaired) electrons. The first kappa shape index (κ1) is 16.4. The van der Waals surface area contributed by atoms with Crippen LogP contribution in [0.1, 0.15) is 29.3 Å². The van der Waals surface area contributed by atoms with Crippen molar-refractivity contribution in [1.82, 2.24) is 4.90 Å². The lowest BCUT2D eigenvalue weighted by molar-refractivity contribution is -0.118. The number of amides is 1. The summed E-state index contributed by atoms with van der Waals surface area (Å²) in [7, 11) is 0.